The Labute approximate surface area is 132 Å². The number of likely N-dealkylation sites (tertiary alicyclic amines) is 1. The van der Waals surface area contributed by atoms with Gasteiger partial charge in [-0.05, 0) is 37.8 Å². The number of amides is 1. The van der Waals surface area contributed by atoms with E-state index in [1.165, 1.54) is 11.1 Å². The first-order chi connectivity index (χ1) is 10.7. The number of aryl methyl sites for hydroxylation is 1. The van der Waals surface area contributed by atoms with Crippen LogP contribution in [-0.4, -0.2) is 36.5 Å². The predicted molar refractivity (Wildman–Crippen MR) is 87.1 cm³/mol. The maximum absolute atomic E-state index is 11.8. The fourth-order valence-corrected chi connectivity index (χ4v) is 3.48. The molecule has 4 nitrogen and oxygen atoms in total. The molecule has 0 bridgehead atoms. The lowest BCUT2D eigenvalue weighted by Crippen LogP contribution is -2.37. The Hall–Kier alpha value is -1.55. The molecule has 120 valence electrons. The molecule has 1 saturated heterocycles. The van der Waals surface area contributed by atoms with Crippen LogP contribution in [0.3, 0.4) is 0 Å². The smallest absolute Gasteiger partial charge is 0.222 e. The summed E-state index contributed by atoms with van der Waals surface area (Å²) in [4.78, 5) is 13.8. The molecule has 0 unspecified atom stereocenters. The van der Waals surface area contributed by atoms with E-state index < -0.39 is 0 Å². The summed E-state index contributed by atoms with van der Waals surface area (Å²) in [6.07, 6.45) is 3.81. The van der Waals surface area contributed by atoms with E-state index in [0.717, 1.165) is 44.7 Å². The number of benzene rings is 1. The first-order valence-electron chi connectivity index (χ1n) is 8.44. The van der Waals surface area contributed by atoms with Crippen molar-refractivity contribution in [2.45, 2.75) is 51.6 Å². The predicted octanol–water partition coefficient (Wildman–Crippen LogP) is 2.81. The van der Waals surface area contributed by atoms with E-state index in [1.54, 1.807) is 0 Å². The molecule has 1 N–H and O–H groups in total. The minimum absolute atomic E-state index is 0.268. The molecule has 0 aliphatic carbocycles. The summed E-state index contributed by atoms with van der Waals surface area (Å²) in [5, 5.41) is 3.77. The lowest BCUT2D eigenvalue weighted by Gasteiger charge is -2.23. The minimum Gasteiger partial charge on any atom is -0.493 e. The van der Waals surface area contributed by atoms with Gasteiger partial charge in [0.1, 0.15) is 5.75 Å². The molecule has 1 aromatic rings. The van der Waals surface area contributed by atoms with Crippen LogP contribution >= 0.6 is 0 Å². The maximum atomic E-state index is 11.8. The highest BCUT2D eigenvalue weighted by molar-refractivity contribution is 5.76. The van der Waals surface area contributed by atoms with Crippen LogP contribution in [0, 0.1) is 6.92 Å². The molecule has 2 aliphatic heterocycles. The Bertz CT molecular complexity index is 544. The highest BCUT2D eigenvalue weighted by Gasteiger charge is 2.29. The summed E-state index contributed by atoms with van der Waals surface area (Å²) in [6, 6.07) is 7.21. The Kier molecular flexibility index (Phi) is 4.67. The van der Waals surface area contributed by atoms with E-state index in [2.05, 4.69) is 30.4 Å². The summed E-state index contributed by atoms with van der Waals surface area (Å²) in [5.41, 5.74) is 2.50. The van der Waals surface area contributed by atoms with Crippen molar-refractivity contribution in [1.29, 1.82) is 0 Å². The fraction of sp³-hybridized carbons (Fsp3) is 0.611. The van der Waals surface area contributed by atoms with Gasteiger partial charge >= 0.3 is 0 Å². The molecule has 3 rings (SSSR count). The van der Waals surface area contributed by atoms with Gasteiger partial charge < -0.3 is 15.0 Å². The number of ether oxygens (including phenoxy) is 1. The number of rotatable bonds is 3. The van der Waals surface area contributed by atoms with Crippen LogP contribution in [0.25, 0.3) is 0 Å². The number of fused-ring (bicyclic) bond motifs is 1. The maximum Gasteiger partial charge on any atom is 0.222 e. The summed E-state index contributed by atoms with van der Waals surface area (Å²) >= 11 is 0. The van der Waals surface area contributed by atoms with E-state index in [9.17, 15) is 4.79 Å². The van der Waals surface area contributed by atoms with Crippen molar-refractivity contribution in [3.8, 4) is 5.75 Å². The standard InChI is InChI=1S/C18H26N2O2/c1-3-18(21)20-9-8-14(12-20)19-16-5-4-10-22-17-11-13(2)6-7-15(16)17/h6-7,11,14,16,19H,3-5,8-10,12H2,1-2H3/t14-,16-/m0/s1. The average Bonchev–Trinajstić information content (AvgIpc) is 2.89. The topological polar surface area (TPSA) is 41.6 Å². The van der Waals surface area contributed by atoms with Gasteiger partial charge in [-0.2, -0.15) is 0 Å². The Morgan fingerprint density at radius 3 is 3.09 bits per heavy atom. The van der Waals surface area contributed by atoms with Gasteiger partial charge in [0.2, 0.25) is 5.91 Å². The van der Waals surface area contributed by atoms with Crippen LogP contribution in [-0.2, 0) is 4.79 Å². The summed E-state index contributed by atoms with van der Waals surface area (Å²) in [7, 11) is 0. The lowest BCUT2D eigenvalue weighted by molar-refractivity contribution is -0.129. The third kappa shape index (κ3) is 3.27. The van der Waals surface area contributed by atoms with Crippen molar-refractivity contribution in [3.63, 3.8) is 0 Å². The van der Waals surface area contributed by atoms with E-state index >= 15 is 0 Å². The van der Waals surface area contributed by atoms with E-state index in [1.807, 2.05) is 11.8 Å². The number of hydrogen-bond donors (Lipinski definition) is 1. The second kappa shape index (κ2) is 6.69. The first-order valence-corrected chi connectivity index (χ1v) is 8.44. The summed E-state index contributed by atoms with van der Waals surface area (Å²) in [6.45, 7) is 6.55. The molecule has 2 heterocycles. The second-order valence-corrected chi connectivity index (χ2v) is 6.43. The van der Waals surface area contributed by atoms with Crippen LogP contribution in [0.2, 0.25) is 0 Å². The minimum atomic E-state index is 0.268. The van der Waals surface area contributed by atoms with E-state index in [0.29, 0.717) is 18.5 Å². The van der Waals surface area contributed by atoms with E-state index in [4.69, 9.17) is 4.74 Å². The number of hydrogen-bond acceptors (Lipinski definition) is 3. The van der Waals surface area contributed by atoms with Gasteiger partial charge in [0.25, 0.3) is 0 Å². The largest absolute Gasteiger partial charge is 0.493 e. The zero-order chi connectivity index (χ0) is 15.5. The molecule has 4 heteroatoms. The Morgan fingerprint density at radius 2 is 2.27 bits per heavy atom. The Balaban J connectivity index is 1.69. The molecular formula is C18H26N2O2. The van der Waals surface area contributed by atoms with Gasteiger partial charge in [-0.1, -0.05) is 19.1 Å². The number of carbonyl (C=O) groups is 1. The second-order valence-electron chi connectivity index (χ2n) is 6.43. The van der Waals surface area contributed by atoms with Crippen molar-refractivity contribution in [2.24, 2.45) is 0 Å². The molecule has 0 saturated carbocycles. The normalized spacial score (nSPS) is 24.5. The van der Waals surface area contributed by atoms with Crippen LogP contribution in [0.5, 0.6) is 5.75 Å². The van der Waals surface area contributed by atoms with Gasteiger partial charge in [0.05, 0.1) is 6.61 Å². The number of carbonyl (C=O) groups excluding carboxylic acids is 1. The third-order valence-electron chi connectivity index (χ3n) is 4.72. The average molecular weight is 302 g/mol. The van der Waals surface area contributed by atoms with Crippen molar-refractivity contribution < 1.29 is 9.53 Å². The van der Waals surface area contributed by atoms with Gasteiger partial charge in [0.15, 0.2) is 0 Å². The molecule has 2 aliphatic rings. The quantitative estimate of drug-likeness (QED) is 0.933. The molecule has 2 atom stereocenters. The lowest BCUT2D eigenvalue weighted by atomic mass is 9.99. The monoisotopic (exact) mass is 302 g/mol. The van der Waals surface area contributed by atoms with Crippen molar-refractivity contribution >= 4 is 5.91 Å². The van der Waals surface area contributed by atoms with Crippen LogP contribution < -0.4 is 10.1 Å². The van der Waals surface area contributed by atoms with Crippen molar-refractivity contribution in [1.82, 2.24) is 10.2 Å². The SMILES string of the molecule is CCC(=O)N1CC[C@H](N[C@H]2CCCOc3cc(C)ccc32)C1. The summed E-state index contributed by atoms with van der Waals surface area (Å²) in [5.74, 6) is 1.29. The fourth-order valence-electron chi connectivity index (χ4n) is 3.48. The van der Waals surface area contributed by atoms with Crippen molar-refractivity contribution in [2.75, 3.05) is 19.7 Å². The molecular weight excluding hydrogens is 276 g/mol. The summed E-state index contributed by atoms with van der Waals surface area (Å²) < 4.78 is 5.90. The zero-order valence-electron chi connectivity index (χ0n) is 13.6. The molecule has 1 amide bonds. The van der Waals surface area contributed by atoms with Crippen LogP contribution in [0.1, 0.15) is 49.8 Å². The van der Waals surface area contributed by atoms with Gasteiger partial charge in [0, 0.05) is 37.2 Å². The molecule has 0 spiro atoms. The van der Waals surface area contributed by atoms with Crippen LogP contribution in [0.4, 0.5) is 0 Å². The number of nitrogens with one attached hydrogen (secondary N) is 1. The Morgan fingerprint density at radius 1 is 1.41 bits per heavy atom. The first kappa shape index (κ1) is 15.3. The van der Waals surface area contributed by atoms with Crippen LogP contribution in [0.15, 0.2) is 18.2 Å². The highest BCUT2D eigenvalue weighted by atomic mass is 16.5. The van der Waals surface area contributed by atoms with Gasteiger partial charge in [-0.3, -0.25) is 4.79 Å². The zero-order valence-corrected chi connectivity index (χ0v) is 13.6. The highest BCUT2D eigenvalue weighted by Crippen LogP contribution is 2.33. The van der Waals surface area contributed by atoms with Gasteiger partial charge in [-0.25, -0.2) is 0 Å². The molecule has 0 radical (unpaired) electrons. The van der Waals surface area contributed by atoms with E-state index in [-0.39, 0.29) is 5.91 Å². The molecule has 22 heavy (non-hydrogen) atoms. The number of nitrogens with zero attached hydrogens (tertiary/aromatic N) is 1. The van der Waals surface area contributed by atoms with Gasteiger partial charge in [-0.15, -0.1) is 0 Å². The van der Waals surface area contributed by atoms with Crippen molar-refractivity contribution in [3.05, 3.63) is 29.3 Å². The molecule has 1 aromatic carbocycles. The molecule has 1 fully saturated rings. The third-order valence-corrected chi connectivity index (χ3v) is 4.72. The molecule has 0 aromatic heterocycles.